The van der Waals surface area contributed by atoms with Crippen molar-refractivity contribution in [2.24, 2.45) is 0 Å². The number of amides is 1. The van der Waals surface area contributed by atoms with Crippen molar-refractivity contribution in [2.75, 3.05) is 6.54 Å². The van der Waals surface area contributed by atoms with E-state index in [-0.39, 0.29) is 12.0 Å². The Morgan fingerprint density at radius 2 is 1.87 bits per heavy atom. The van der Waals surface area contributed by atoms with Gasteiger partial charge in [-0.2, -0.15) is 0 Å². The van der Waals surface area contributed by atoms with Crippen LogP contribution in [0.3, 0.4) is 0 Å². The van der Waals surface area contributed by atoms with Gasteiger partial charge in [0.1, 0.15) is 0 Å². The molecule has 2 rings (SSSR count). The summed E-state index contributed by atoms with van der Waals surface area (Å²) in [5, 5.41) is 2.94. The molecular formula is C19H24N2O2. The second-order valence-corrected chi connectivity index (χ2v) is 5.91. The largest absolute Gasteiger partial charge is 0.475 e. The van der Waals surface area contributed by atoms with Crippen molar-refractivity contribution in [2.45, 2.75) is 39.2 Å². The Bertz CT molecular complexity index is 609. The van der Waals surface area contributed by atoms with Crippen LogP contribution in [-0.2, 0) is 0 Å². The highest BCUT2D eigenvalue weighted by molar-refractivity contribution is 5.93. The van der Waals surface area contributed by atoms with E-state index in [1.165, 1.54) is 5.56 Å². The van der Waals surface area contributed by atoms with E-state index in [9.17, 15) is 4.79 Å². The number of nitrogens with one attached hydrogen (secondary N) is 1. The molecule has 1 N–H and O–H groups in total. The van der Waals surface area contributed by atoms with Crippen LogP contribution < -0.4 is 10.1 Å². The molecule has 1 heterocycles. The number of benzene rings is 1. The molecule has 1 atom stereocenters. The third-order valence-electron chi connectivity index (χ3n) is 3.59. The van der Waals surface area contributed by atoms with Gasteiger partial charge in [0, 0.05) is 18.8 Å². The summed E-state index contributed by atoms with van der Waals surface area (Å²) >= 11 is 0. The highest BCUT2D eigenvalue weighted by Gasteiger charge is 2.09. The molecule has 1 amide bonds. The molecule has 0 spiro atoms. The summed E-state index contributed by atoms with van der Waals surface area (Å²) in [6.07, 6.45) is 2.52. The molecule has 0 aliphatic heterocycles. The maximum atomic E-state index is 12.1. The molecule has 0 saturated carbocycles. The highest BCUT2D eigenvalue weighted by atomic mass is 16.5. The fraction of sp³-hybridized carbons (Fsp3) is 0.368. The van der Waals surface area contributed by atoms with Crippen LogP contribution in [-0.4, -0.2) is 23.5 Å². The van der Waals surface area contributed by atoms with E-state index in [4.69, 9.17) is 4.74 Å². The minimum atomic E-state index is -0.103. The standard InChI is InChI=1S/C19H24N2O2/c1-14(2)23-18-10-9-17(13-21-18)19(22)20-12-11-15(3)16-7-5-4-6-8-16/h4-10,13-15H,11-12H2,1-3H3,(H,20,22). The molecule has 0 bridgehead atoms. The summed E-state index contributed by atoms with van der Waals surface area (Å²) in [5.41, 5.74) is 1.84. The average molecular weight is 312 g/mol. The van der Waals surface area contributed by atoms with Crippen LogP contribution in [0.1, 0.15) is 49.0 Å². The third-order valence-corrected chi connectivity index (χ3v) is 3.59. The predicted molar refractivity (Wildman–Crippen MR) is 91.8 cm³/mol. The summed E-state index contributed by atoms with van der Waals surface area (Å²) in [6, 6.07) is 13.8. The fourth-order valence-corrected chi connectivity index (χ4v) is 2.28. The number of carbonyl (C=O) groups is 1. The van der Waals surface area contributed by atoms with Gasteiger partial charge in [-0.25, -0.2) is 4.98 Å². The maximum absolute atomic E-state index is 12.1. The molecule has 1 aromatic heterocycles. The van der Waals surface area contributed by atoms with Gasteiger partial charge in [0.05, 0.1) is 11.7 Å². The molecule has 1 aromatic carbocycles. The van der Waals surface area contributed by atoms with Gasteiger partial charge in [-0.15, -0.1) is 0 Å². The van der Waals surface area contributed by atoms with Gasteiger partial charge < -0.3 is 10.1 Å². The van der Waals surface area contributed by atoms with E-state index in [2.05, 4.69) is 29.4 Å². The fourth-order valence-electron chi connectivity index (χ4n) is 2.28. The Kier molecular flexibility index (Phi) is 6.15. The van der Waals surface area contributed by atoms with Gasteiger partial charge in [-0.3, -0.25) is 4.79 Å². The molecule has 23 heavy (non-hydrogen) atoms. The zero-order valence-electron chi connectivity index (χ0n) is 14.0. The number of rotatable bonds is 7. The number of carbonyl (C=O) groups excluding carboxylic acids is 1. The van der Waals surface area contributed by atoms with Crippen molar-refractivity contribution in [1.82, 2.24) is 10.3 Å². The van der Waals surface area contributed by atoms with Crippen molar-refractivity contribution in [3.8, 4) is 5.88 Å². The molecule has 0 aliphatic rings. The van der Waals surface area contributed by atoms with Crippen LogP contribution >= 0.6 is 0 Å². The van der Waals surface area contributed by atoms with Crippen molar-refractivity contribution in [3.63, 3.8) is 0 Å². The Morgan fingerprint density at radius 1 is 1.13 bits per heavy atom. The Hall–Kier alpha value is -2.36. The monoisotopic (exact) mass is 312 g/mol. The van der Waals surface area contributed by atoms with Crippen LogP contribution in [0.2, 0.25) is 0 Å². The SMILES string of the molecule is CC(C)Oc1ccc(C(=O)NCCC(C)c2ccccc2)cn1. The molecule has 2 aromatic rings. The molecule has 0 saturated heterocycles. The van der Waals surface area contributed by atoms with E-state index in [0.29, 0.717) is 23.9 Å². The van der Waals surface area contributed by atoms with Gasteiger partial charge in [0.2, 0.25) is 5.88 Å². The summed E-state index contributed by atoms with van der Waals surface area (Å²) in [5.74, 6) is 0.847. The summed E-state index contributed by atoms with van der Waals surface area (Å²) in [7, 11) is 0. The Labute approximate surface area is 137 Å². The molecule has 4 nitrogen and oxygen atoms in total. The van der Waals surface area contributed by atoms with E-state index < -0.39 is 0 Å². The van der Waals surface area contributed by atoms with Crippen LogP contribution in [0.4, 0.5) is 0 Å². The van der Waals surface area contributed by atoms with E-state index in [0.717, 1.165) is 6.42 Å². The van der Waals surface area contributed by atoms with E-state index in [1.807, 2.05) is 32.0 Å². The number of nitrogens with zero attached hydrogens (tertiary/aromatic N) is 1. The lowest BCUT2D eigenvalue weighted by molar-refractivity contribution is 0.0952. The minimum absolute atomic E-state index is 0.0710. The van der Waals surface area contributed by atoms with Crippen LogP contribution in [0.15, 0.2) is 48.7 Å². The van der Waals surface area contributed by atoms with E-state index >= 15 is 0 Å². The number of aromatic nitrogens is 1. The number of ether oxygens (including phenoxy) is 1. The molecular weight excluding hydrogens is 288 g/mol. The highest BCUT2D eigenvalue weighted by Crippen LogP contribution is 2.17. The van der Waals surface area contributed by atoms with Crippen molar-refractivity contribution in [3.05, 3.63) is 59.8 Å². The molecule has 1 unspecified atom stereocenters. The topological polar surface area (TPSA) is 51.2 Å². The normalized spacial score (nSPS) is 12.0. The minimum Gasteiger partial charge on any atom is -0.475 e. The molecule has 122 valence electrons. The zero-order valence-corrected chi connectivity index (χ0v) is 14.0. The smallest absolute Gasteiger partial charge is 0.252 e. The lowest BCUT2D eigenvalue weighted by Gasteiger charge is -2.12. The molecule has 4 heteroatoms. The van der Waals surface area contributed by atoms with Crippen molar-refractivity contribution in [1.29, 1.82) is 0 Å². The first-order valence-electron chi connectivity index (χ1n) is 8.02. The molecule has 0 aliphatic carbocycles. The van der Waals surface area contributed by atoms with Crippen molar-refractivity contribution < 1.29 is 9.53 Å². The number of hydrogen-bond donors (Lipinski definition) is 1. The summed E-state index contributed by atoms with van der Waals surface area (Å²) in [6.45, 7) is 6.69. The second kappa shape index (κ2) is 8.32. The Morgan fingerprint density at radius 3 is 2.48 bits per heavy atom. The lowest BCUT2D eigenvalue weighted by atomic mass is 9.98. The van der Waals surface area contributed by atoms with Gasteiger partial charge in [-0.05, 0) is 37.8 Å². The lowest BCUT2D eigenvalue weighted by Crippen LogP contribution is -2.25. The first-order chi connectivity index (χ1) is 11.1. The Balaban J connectivity index is 1.80. The van der Waals surface area contributed by atoms with Gasteiger partial charge in [0.25, 0.3) is 5.91 Å². The quantitative estimate of drug-likeness (QED) is 0.846. The van der Waals surface area contributed by atoms with Crippen molar-refractivity contribution >= 4 is 5.91 Å². The van der Waals surface area contributed by atoms with Crippen LogP contribution in [0.5, 0.6) is 5.88 Å². The summed E-state index contributed by atoms with van der Waals surface area (Å²) in [4.78, 5) is 16.3. The van der Waals surface area contributed by atoms with Crippen LogP contribution in [0.25, 0.3) is 0 Å². The maximum Gasteiger partial charge on any atom is 0.252 e. The van der Waals surface area contributed by atoms with Gasteiger partial charge in [-0.1, -0.05) is 37.3 Å². The third kappa shape index (κ3) is 5.40. The number of pyridine rings is 1. The van der Waals surface area contributed by atoms with E-state index in [1.54, 1.807) is 18.3 Å². The second-order valence-electron chi connectivity index (χ2n) is 5.91. The van der Waals surface area contributed by atoms with Gasteiger partial charge >= 0.3 is 0 Å². The zero-order chi connectivity index (χ0) is 16.7. The first-order valence-corrected chi connectivity index (χ1v) is 8.02. The van der Waals surface area contributed by atoms with Crippen LogP contribution in [0, 0.1) is 0 Å². The molecule has 0 radical (unpaired) electrons. The predicted octanol–water partition coefficient (Wildman–Crippen LogP) is 3.79. The first kappa shape index (κ1) is 17.0. The average Bonchev–Trinajstić information content (AvgIpc) is 2.55. The molecule has 0 fully saturated rings. The van der Waals surface area contributed by atoms with Gasteiger partial charge in [0.15, 0.2) is 0 Å². The summed E-state index contributed by atoms with van der Waals surface area (Å²) < 4.78 is 5.47. The number of hydrogen-bond acceptors (Lipinski definition) is 3.